The van der Waals surface area contributed by atoms with Crippen molar-refractivity contribution in [3.8, 4) is 0 Å². The predicted octanol–water partition coefficient (Wildman–Crippen LogP) is 5.19. The summed E-state index contributed by atoms with van der Waals surface area (Å²) < 4.78 is 32.4. The van der Waals surface area contributed by atoms with Crippen LogP contribution in [0.5, 0.6) is 0 Å². The van der Waals surface area contributed by atoms with E-state index in [1.54, 1.807) is 7.11 Å². The van der Waals surface area contributed by atoms with E-state index in [0.29, 0.717) is 18.6 Å². The predicted molar refractivity (Wildman–Crippen MR) is 105 cm³/mol. The summed E-state index contributed by atoms with van der Waals surface area (Å²) in [5, 5.41) is 2.19. The molecule has 0 unspecified atom stereocenters. The van der Waals surface area contributed by atoms with E-state index in [0.717, 1.165) is 16.3 Å². The quantitative estimate of drug-likeness (QED) is 0.690. The molecule has 3 nitrogen and oxygen atoms in total. The Morgan fingerprint density at radius 3 is 2.23 bits per heavy atom. The molecular weight excluding hydrogens is 330 g/mol. The van der Waals surface area contributed by atoms with E-state index in [2.05, 4.69) is 0 Å². The largest absolute Gasteiger partial charge is 0.525 e. The highest BCUT2D eigenvalue weighted by molar-refractivity contribution is 6.55. The highest BCUT2D eigenvalue weighted by Crippen LogP contribution is 2.40. The third-order valence-electron chi connectivity index (χ3n) is 5.40. The molecule has 2 aromatic rings. The van der Waals surface area contributed by atoms with Gasteiger partial charge < -0.3 is 14.0 Å². The molecule has 26 heavy (non-hydrogen) atoms. The molecule has 5 heteroatoms. The summed E-state index contributed by atoms with van der Waals surface area (Å²) in [4.78, 5) is 0. The zero-order chi connectivity index (χ0) is 18.9. The third kappa shape index (κ3) is 3.57. The number of hydrogen-bond donors (Lipinski definition) is 0. The van der Waals surface area contributed by atoms with Crippen LogP contribution in [0.15, 0.2) is 48.2 Å². The van der Waals surface area contributed by atoms with Crippen molar-refractivity contribution < 1.29 is 18.4 Å². The van der Waals surface area contributed by atoms with Crippen LogP contribution in [-0.2, 0) is 14.0 Å². The average molecular weight is 356 g/mol. The van der Waals surface area contributed by atoms with Gasteiger partial charge in [-0.1, -0.05) is 36.4 Å². The van der Waals surface area contributed by atoms with Crippen molar-refractivity contribution in [1.29, 1.82) is 0 Å². The first-order valence-electron chi connectivity index (χ1n) is 8.97. The highest BCUT2D eigenvalue weighted by Gasteiger charge is 2.53. The fourth-order valence-corrected chi connectivity index (χ4v) is 3.07. The molecule has 0 N–H and O–H groups in total. The molecule has 0 aromatic heterocycles. The van der Waals surface area contributed by atoms with Crippen LogP contribution in [0, 0.1) is 0 Å². The van der Waals surface area contributed by atoms with Gasteiger partial charge in [-0.2, -0.15) is 0 Å². The number of ether oxygens (including phenoxy) is 1. The van der Waals surface area contributed by atoms with E-state index < -0.39 is 18.3 Å². The Bertz CT molecular complexity index is 813. The molecule has 0 spiro atoms. The fraction of sp³-hybridized carbons (Fsp3) is 0.429. The van der Waals surface area contributed by atoms with Crippen molar-refractivity contribution >= 4 is 23.5 Å². The standard InChI is InChI=1S/C21H26BFO3/c1-20(2)21(3,4)26-22(25-20)19(23)18(12-13-24-5)17-11-10-15-8-6-7-9-16(15)14-17/h6-11,14H,12-13H2,1-5H3. The molecule has 1 fully saturated rings. The van der Waals surface area contributed by atoms with Crippen molar-refractivity contribution in [3.63, 3.8) is 0 Å². The second-order valence-electron chi connectivity index (χ2n) is 7.72. The normalized spacial score (nSPS) is 19.7. The Hall–Kier alpha value is -1.69. The second kappa shape index (κ2) is 7.14. The van der Waals surface area contributed by atoms with Crippen molar-refractivity contribution in [2.75, 3.05) is 13.7 Å². The second-order valence-corrected chi connectivity index (χ2v) is 7.72. The SMILES string of the molecule is COCCC(=C(F)B1OC(C)(C)C(C)(C)O1)c1ccc2ccccc2c1. The lowest BCUT2D eigenvalue weighted by molar-refractivity contribution is 0.00578. The number of rotatable bonds is 5. The highest BCUT2D eigenvalue weighted by atomic mass is 19.1. The molecule has 0 bridgehead atoms. The molecule has 0 atom stereocenters. The average Bonchev–Trinajstić information content (AvgIpc) is 2.82. The summed E-state index contributed by atoms with van der Waals surface area (Å²) in [6, 6.07) is 14.0. The maximum Gasteiger partial charge on any atom is 0.525 e. The minimum Gasteiger partial charge on any atom is -0.398 e. The van der Waals surface area contributed by atoms with Crippen molar-refractivity contribution in [3.05, 3.63) is 53.8 Å². The topological polar surface area (TPSA) is 27.7 Å². The maximum atomic E-state index is 15.4. The molecule has 1 saturated heterocycles. The Morgan fingerprint density at radius 2 is 1.62 bits per heavy atom. The van der Waals surface area contributed by atoms with Crippen LogP contribution >= 0.6 is 0 Å². The van der Waals surface area contributed by atoms with Crippen LogP contribution in [0.4, 0.5) is 4.39 Å². The molecule has 0 amide bonds. The van der Waals surface area contributed by atoms with Gasteiger partial charge in [0, 0.05) is 7.11 Å². The minimum atomic E-state index is -1.00. The van der Waals surface area contributed by atoms with E-state index in [-0.39, 0.29) is 5.73 Å². The van der Waals surface area contributed by atoms with E-state index in [1.807, 2.05) is 70.2 Å². The summed E-state index contributed by atoms with van der Waals surface area (Å²) in [6.45, 7) is 8.11. The molecule has 0 aliphatic carbocycles. The first-order valence-corrected chi connectivity index (χ1v) is 8.97. The smallest absolute Gasteiger partial charge is 0.398 e. The van der Waals surface area contributed by atoms with Crippen molar-refractivity contribution in [2.45, 2.75) is 45.3 Å². The van der Waals surface area contributed by atoms with E-state index in [9.17, 15) is 0 Å². The lowest BCUT2D eigenvalue weighted by atomic mass is 9.81. The van der Waals surface area contributed by atoms with E-state index in [4.69, 9.17) is 14.0 Å². The van der Waals surface area contributed by atoms with E-state index in [1.165, 1.54) is 0 Å². The van der Waals surface area contributed by atoms with Crippen molar-refractivity contribution in [1.82, 2.24) is 0 Å². The van der Waals surface area contributed by atoms with Gasteiger partial charge >= 0.3 is 7.12 Å². The third-order valence-corrected chi connectivity index (χ3v) is 5.40. The molecule has 0 radical (unpaired) electrons. The van der Waals surface area contributed by atoms with E-state index >= 15 is 4.39 Å². The lowest BCUT2D eigenvalue weighted by Crippen LogP contribution is -2.41. The van der Waals surface area contributed by atoms with Crippen molar-refractivity contribution in [2.24, 2.45) is 0 Å². The van der Waals surface area contributed by atoms with Gasteiger partial charge in [0.05, 0.1) is 17.8 Å². The Labute approximate surface area is 155 Å². The van der Waals surface area contributed by atoms with Crippen LogP contribution in [0.25, 0.3) is 16.3 Å². The molecule has 1 heterocycles. The van der Waals surface area contributed by atoms with Gasteiger partial charge in [-0.25, -0.2) is 4.39 Å². The zero-order valence-electron chi connectivity index (χ0n) is 16.1. The number of hydrogen-bond acceptors (Lipinski definition) is 3. The number of methoxy groups -OCH3 is 1. The molecule has 2 aromatic carbocycles. The molecule has 0 saturated carbocycles. The molecular formula is C21H26BFO3. The van der Waals surface area contributed by atoms with Gasteiger partial charge in [0.15, 0.2) is 0 Å². The summed E-state index contributed by atoms with van der Waals surface area (Å²) in [6.07, 6.45) is 0.449. The first-order chi connectivity index (χ1) is 12.2. The summed E-state index contributed by atoms with van der Waals surface area (Å²) in [5.74, 6) is 0. The van der Waals surface area contributed by atoms with Crippen LogP contribution in [0.2, 0.25) is 0 Å². The Kier molecular flexibility index (Phi) is 5.24. The minimum absolute atomic E-state index is 0.379. The summed E-state index contributed by atoms with van der Waals surface area (Å²) >= 11 is 0. The summed E-state index contributed by atoms with van der Waals surface area (Å²) in [5.41, 5.74) is -0.143. The molecule has 1 aliphatic heterocycles. The zero-order valence-corrected chi connectivity index (χ0v) is 16.1. The Morgan fingerprint density at radius 1 is 1.00 bits per heavy atom. The van der Waals surface area contributed by atoms with Gasteiger partial charge in [0.2, 0.25) is 0 Å². The van der Waals surface area contributed by atoms with Crippen LogP contribution < -0.4 is 0 Å². The lowest BCUT2D eigenvalue weighted by Gasteiger charge is -2.32. The van der Waals surface area contributed by atoms with Crippen LogP contribution in [-0.4, -0.2) is 32.0 Å². The van der Waals surface area contributed by atoms with Gasteiger partial charge in [-0.3, -0.25) is 0 Å². The van der Waals surface area contributed by atoms with Crippen LogP contribution in [0.3, 0.4) is 0 Å². The Balaban J connectivity index is 2.02. The van der Waals surface area contributed by atoms with Gasteiger partial charge in [-0.05, 0) is 62.1 Å². The monoisotopic (exact) mass is 356 g/mol. The maximum absolute atomic E-state index is 15.4. The first kappa shape index (κ1) is 19.1. The number of fused-ring (bicyclic) bond motifs is 1. The fourth-order valence-electron chi connectivity index (χ4n) is 3.07. The number of benzene rings is 2. The van der Waals surface area contributed by atoms with Crippen LogP contribution in [0.1, 0.15) is 39.7 Å². The molecule has 1 aliphatic rings. The molecule has 138 valence electrons. The van der Waals surface area contributed by atoms with Gasteiger partial charge in [0.1, 0.15) is 5.73 Å². The number of halogens is 1. The van der Waals surface area contributed by atoms with Gasteiger partial charge in [0.25, 0.3) is 0 Å². The molecule has 3 rings (SSSR count). The van der Waals surface area contributed by atoms with Gasteiger partial charge in [-0.15, -0.1) is 0 Å². The summed E-state index contributed by atoms with van der Waals surface area (Å²) in [7, 11) is 0.614.